The zero-order valence-corrected chi connectivity index (χ0v) is 12.3. The molecule has 0 radical (unpaired) electrons. The molecule has 2 aromatic carbocycles. The molecule has 0 aliphatic carbocycles. The highest BCUT2D eigenvalue weighted by molar-refractivity contribution is 5.64. The van der Waals surface area contributed by atoms with Crippen LogP contribution in [0.15, 0.2) is 48.5 Å². The summed E-state index contributed by atoms with van der Waals surface area (Å²) < 4.78 is 15.2. The molecule has 0 unspecified atom stereocenters. The predicted molar refractivity (Wildman–Crippen MR) is 83.1 cm³/mol. The molecule has 0 fully saturated rings. The van der Waals surface area contributed by atoms with Crippen molar-refractivity contribution in [1.29, 1.82) is 5.26 Å². The van der Waals surface area contributed by atoms with Crippen LogP contribution in [0.4, 0.5) is 4.39 Å². The molecular formula is C18H14FN3. The first-order chi connectivity index (χ1) is 10.6. The summed E-state index contributed by atoms with van der Waals surface area (Å²) in [6, 6.07) is 16.5. The standard InChI is InChI=1S/C18H14FN3/c1-12-3-6-16(7-4-12)22-18(10-15(11-20)21-22)14-5-8-17(19)13(2)9-14/h3-10H,1-2H3. The fourth-order valence-corrected chi connectivity index (χ4v) is 2.33. The maximum absolute atomic E-state index is 13.5. The van der Waals surface area contributed by atoms with E-state index >= 15 is 0 Å². The molecule has 0 saturated carbocycles. The van der Waals surface area contributed by atoms with Crippen LogP contribution in [-0.4, -0.2) is 9.78 Å². The van der Waals surface area contributed by atoms with E-state index in [4.69, 9.17) is 5.26 Å². The molecule has 3 nitrogen and oxygen atoms in total. The lowest BCUT2D eigenvalue weighted by atomic mass is 10.1. The Labute approximate surface area is 128 Å². The number of hydrogen-bond acceptors (Lipinski definition) is 2. The predicted octanol–water partition coefficient (Wildman–Crippen LogP) is 4.17. The van der Waals surface area contributed by atoms with E-state index in [-0.39, 0.29) is 5.82 Å². The zero-order chi connectivity index (χ0) is 15.7. The summed E-state index contributed by atoms with van der Waals surface area (Å²) >= 11 is 0. The first kappa shape index (κ1) is 14.0. The smallest absolute Gasteiger partial charge is 0.163 e. The lowest BCUT2D eigenvalue weighted by molar-refractivity contribution is 0.618. The maximum Gasteiger partial charge on any atom is 0.163 e. The second-order valence-electron chi connectivity index (χ2n) is 5.24. The van der Waals surface area contributed by atoms with Gasteiger partial charge < -0.3 is 0 Å². The summed E-state index contributed by atoms with van der Waals surface area (Å²) in [7, 11) is 0. The molecule has 1 aromatic heterocycles. The van der Waals surface area contributed by atoms with Gasteiger partial charge in [-0.25, -0.2) is 9.07 Å². The molecule has 108 valence electrons. The van der Waals surface area contributed by atoms with Crippen LogP contribution in [0.1, 0.15) is 16.8 Å². The Bertz CT molecular complexity index is 870. The third-order valence-electron chi connectivity index (χ3n) is 3.56. The minimum Gasteiger partial charge on any atom is -0.232 e. The van der Waals surface area contributed by atoms with E-state index in [2.05, 4.69) is 11.2 Å². The summed E-state index contributed by atoms with van der Waals surface area (Å²) in [5.41, 5.74) is 4.50. The van der Waals surface area contributed by atoms with Crippen molar-refractivity contribution < 1.29 is 4.39 Å². The van der Waals surface area contributed by atoms with Crippen LogP contribution in [0.5, 0.6) is 0 Å². The van der Waals surface area contributed by atoms with Gasteiger partial charge in [-0.15, -0.1) is 0 Å². The van der Waals surface area contributed by atoms with Crippen LogP contribution in [0.2, 0.25) is 0 Å². The van der Waals surface area contributed by atoms with Gasteiger partial charge >= 0.3 is 0 Å². The van der Waals surface area contributed by atoms with Crippen LogP contribution in [0.25, 0.3) is 16.9 Å². The van der Waals surface area contributed by atoms with Crippen LogP contribution < -0.4 is 0 Å². The van der Waals surface area contributed by atoms with Gasteiger partial charge in [0.05, 0.1) is 11.4 Å². The summed E-state index contributed by atoms with van der Waals surface area (Å²) in [5, 5.41) is 13.4. The van der Waals surface area contributed by atoms with Gasteiger partial charge in [-0.3, -0.25) is 0 Å². The fraction of sp³-hybridized carbons (Fsp3) is 0.111. The molecule has 22 heavy (non-hydrogen) atoms. The number of nitriles is 1. The molecule has 0 saturated heterocycles. The largest absolute Gasteiger partial charge is 0.232 e. The second-order valence-corrected chi connectivity index (χ2v) is 5.24. The number of halogens is 1. The Kier molecular flexibility index (Phi) is 3.48. The Balaban J connectivity index is 2.18. The highest BCUT2D eigenvalue weighted by Gasteiger charge is 2.12. The minimum atomic E-state index is -0.245. The molecule has 3 rings (SSSR count). The molecule has 0 atom stereocenters. The van der Waals surface area contributed by atoms with Gasteiger partial charge in [-0.1, -0.05) is 17.7 Å². The molecule has 0 bridgehead atoms. The van der Waals surface area contributed by atoms with E-state index in [9.17, 15) is 4.39 Å². The molecule has 1 heterocycles. The first-order valence-corrected chi connectivity index (χ1v) is 6.92. The fourth-order valence-electron chi connectivity index (χ4n) is 2.33. The second kappa shape index (κ2) is 5.45. The Morgan fingerprint density at radius 1 is 1.05 bits per heavy atom. The SMILES string of the molecule is Cc1ccc(-n2nc(C#N)cc2-c2ccc(F)c(C)c2)cc1. The van der Waals surface area contributed by atoms with Gasteiger partial charge in [0.25, 0.3) is 0 Å². The topological polar surface area (TPSA) is 41.6 Å². The lowest BCUT2D eigenvalue weighted by Gasteiger charge is -2.09. The molecule has 0 aliphatic heterocycles. The van der Waals surface area contributed by atoms with Crippen LogP contribution in [-0.2, 0) is 0 Å². The van der Waals surface area contributed by atoms with E-state index in [0.717, 1.165) is 22.5 Å². The third-order valence-corrected chi connectivity index (χ3v) is 3.56. The molecule has 0 spiro atoms. The van der Waals surface area contributed by atoms with Crippen molar-refractivity contribution in [1.82, 2.24) is 9.78 Å². The van der Waals surface area contributed by atoms with Crippen molar-refractivity contribution in [2.45, 2.75) is 13.8 Å². The average molecular weight is 291 g/mol. The van der Waals surface area contributed by atoms with Crippen LogP contribution >= 0.6 is 0 Å². The Hall–Kier alpha value is -2.93. The average Bonchev–Trinajstić information content (AvgIpc) is 2.95. The molecule has 4 heteroatoms. The van der Waals surface area contributed by atoms with E-state index in [1.807, 2.05) is 31.2 Å². The number of hydrogen-bond donors (Lipinski definition) is 0. The van der Waals surface area contributed by atoms with Crippen molar-refractivity contribution in [3.8, 4) is 23.0 Å². The molecule has 0 amide bonds. The Morgan fingerprint density at radius 2 is 1.77 bits per heavy atom. The highest BCUT2D eigenvalue weighted by Crippen LogP contribution is 2.25. The summed E-state index contributed by atoms with van der Waals surface area (Å²) in [6.45, 7) is 3.73. The van der Waals surface area contributed by atoms with Gasteiger partial charge in [0.15, 0.2) is 5.69 Å². The van der Waals surface area contributed by atoms with Gasteiger partial charge in [0, 0.05) is 11.6 Å². The monoisotopic (exact) mass is 291 g/mol. The van der Waals surface area contributed by atoms with E-state index < -0.39 is 0 Å². The van der Waals surface area contributed by atoms with Gasteiger partial charge in [-0.2, -0.15) is 10.4 Å². The molecular weight excluding hydrogens is 277 g/mol. The van der Waals surface area contributed by atoms with E-state index in [1.54, 1.807) is 29.8 Å². The van der Waals surface area contributed by atoms with Crippen LogP contribution in [0.3, 0.4) is 0 Å². The number of rotatable bonds is 2. The van der Waals surface area contributed by atoms with Gasteiger partial charge in [0.2, 0.25) is 0 Å². The normalized spacial score (nSPS) is 10.5. The quantitative estimate of drug-likeness (QED) is 0.711. The summed E-state index contributed by atoms with van der Waals surface area (Å²) in [6.07, 6.45) is 0. The summed E-state index contributed by atoms with van der Waals surface area (Å²) in [5.74, 6) is -0.245. The van der Waals surface area contributed by atoms with E-state index in [0.29, 0.717) is 11.3 Å². The lowest BCUT2D eigenvalue weighted by Crippen LogP contribution is -1.99. The van der Waals surface area contributed by atoms with Crippen molar-refractivity contribution in [2.75, 3.05) is 0 Å². The molecule has 3 aromatic rings. The minimum absolute atomic E-state index is 0.245. The van der Waals surface area contributed by atoms with Crippen molar-refractivity contribution in [3.05, 3.63) is 71.2 Å². The van der Waals surface area contributed by atoms with Crippen LogP contribution in [0, 0.1) is 31.0 Å². The number of nitrogens with zero attached hydrogens (tertiary/aromatic N) is 3. The third kappa shape index (κ3) is 2.49. The number of aromatic nitrogens is 2. The highest BCUT2D eigenvalue weighted by atomic mass is 19.1. The van der Waals surface area contributed by atoms with Crippen molar-refractivity contribution in [3.63, 3.8) is 0 Å². The number of benzene rings is 2. The van der Waals surface area contributed by atoms with Gasteiger partial charge in [0.1, 0.15) is 11.9 Å². The van der Waals surface area contributed by atoms with E-state index in [1.165, 1.54) is 6.07 Å². The van der Waals surface area contributed by atoms with Crippen molar-refractivity contribution >= 4 is 0 Å². The molecule has 0 N–H and O–H groups in total. The first-order valence-electron chi connectivity index (χ1n) is 6.92. The van der Waals surface area contributed by atoms with Crippen molar-refractivity contribution in [2.24, 2.45) is 0 Å². The summed E-state index contributed by atoms with van der Waals surface area (Å²) in [4.78, 5) is 0. The zero-order valence-electron chi connectivity index (χ0n) is 12.3. The Morgan fingerprint density at radius 3 is 2.41 bits per heavy atom. The number of aryl methyl sites for hydroxylation is 2. The maximum atomic E-state index is 13.5. The molecule has 0 aliphatic rings. The van der Waals surface area contributed by atoms with Gasteiger partial charge in [-0.05, 0) is 49.7 Å².